The van der Waals surface area contributed by atoms with E-state index in [2.05, 4.69) is 165 Å². The first-order chi connectivity index (χ1) is 23.1. The van der Waals surface area contributed by atoms with Crippen molar-refractivity contribution in [2.75, 3.05) is 45.8 Å². The van der Waals surface area contributed by atoms with E-state index in [1.807, 2.05) is 0 Å². The van der Waals surface area contributed by atoms with Crippen LogP contribution < -0.4 is 19.6 Å². The Bertz CT molecular complexity index is 1440. The maximum atomic E-state index is 4.70. The molecule has 4 nitrogen and oxygen atoms in total. The van der Waals surface area contributed by atoms with Gasteiger partial charge in [0.15, 0.2) is 0 Å². The molecular weight excluding hydrogens is 690 g/mol. The molecule has 2 aliphatic heterocycles. The van der Waals surface area contributed by atoms with E-state index in [1.54, 1.807) is 0 Å². The van der Waals surface area contributed by atoms with Crippen molar-refractivity contribution in [2.24, 2.45) is 0 Å². The Balaban J connectivity index is 0.000000205. The van der Waals surface area contributed by atoms with Crippen molar-refractivity contribution in [2.45, 2.75) is 83.1 Å². The van der Waals surface area contributed by atoms with Gasteiger partial charge in [-0.15, -0.1) is 0 Å². The Morgan fingerprint density at radius 3 is 0.653 bits per heavy atom. The Hall–Kier alpha value is -2.85. The molecule has 2 saturated heterocycles. The second-order valence-corrected chi connectivity index (χ2v) is 15.5. The van der Waals surface area contributed by atoms with Gasteiger partial charge in [0.1, 0.15) is 0 Å². The van der Waals surface area contributed by atoms with Gasteiger partial charge in [0.2, 0.25) is 13.3 Å². The van der Waals surface area contributed by atoms with Crippen LogP contribution >= 0.6 is 20.4 Å². The van der Waals surface area contributed by atoms with Crippen LogP contribution in [0.5, 0.6) is 0 Å². The summed E-state index contributed by atoms with van der Waals surface area (Å²) in [5.74, 6) is 0. The standard InChI is InChI=1S/2C21H26N2.2ClH.Ni/c2*1-14-9-16(3)20(17(4)10-14)22-7-8-23(13-22)21-18(5)11-15(2)12-19(21)6;;;/h2*9-12H,7-8H2,1-6H3;2*1H;/q;;;;+2/p-2. The van der Waals surface area contributed by atoms with Crippen molar-refractivity contribution in [3.8, 4) is 0 Å². The fourth-order valence-corrected chi connectivity index (χ4v) is 7.93. The van der Waals surface area contributed by atoms with Crippen molar-refractivity contribution in [3.05, 3.63) is 129 Å². The molecule has 0 spiro atoms. The molecular formula is C42H52Cl2N4Ni. The quantitative estimate of drug-likeness (QED) is 0.193. The van der Waals surface area contributed by atoms with Gasteiger partial charge in [-0.05, 0) is 128 Å². The number of anilines is 4. The molecule has 2 heterocycles. The van der Waals surface area contributed by atoms with Crippen LogP contribution in [0, 0.1) is 96.4 Å². The molecule has 0 unspecified atom stereocenters. The van der Waals surface area contributed by atoms with Crippen LogP contribution in [0.15, 0.2) is 48.5 Å². The summed E-state index contributed by atoms with van der Waals surface area (Å²) >= 11 is 0.569. The molecule has 264 valence electrons. The molecule has 0 bridgehead atoms. The molecule has 0 amide bonds. The zero-order chi connectivity index (χ0) is 36.2. The molecule has 0 aromatic heterocycles. The third-order valence-corrected chi connectivity index (χ3v) is 9.20. The first kappa shape index (κ1) is 38.9. The van der Waals surface area contributed by atoms with Gasteiger partial charge in [0.05, 0.1) is 0 Å². The molecule has 0 N–H and O–H groups in total. The van der Waals surface area contributed by atoms with Crippen LogP contribution in [0.25, 0.3) is 0 Å². The van der Waals surface area contributed by atoms with Crippen LogP contribution in [-0.2, 0) is 12.7 Å². The van der Waals surface area contributed by atoms with E-state index in [4.69, 9.17) is 20.4 Å². The fourth-order valence-electron chi connectivity index (χ4n) is 7.93. The van der Waals surface area contributed by atoms with Crippen molar-refractivity contribution < 1.29 is 12.7 Å². The number of rotatable bonds is 4. The minimum absolute atomic E-state index is 0.569. The van der Waals surface area contributed by atoms with Gasteiger partial charge in [0.25, 0.3) is 0 Å². The van der Waals surface area contributed by atoms with E-state index >= 15 is 0 Å². The van der Waals surface area contributed by atoms with Crippen molar-refractivity contribution in [1.82, 2.24) is 0 Å². The number of halogens is 2. The Labute approximate surface area is 311 Å². The monoisotopic (exact) mass is 740 g/mol. The van der Waals surface area contributed by atoms with Gasteiger partial charge < -0.3 is 19.6 Å². The van der Waals surface area contributed by atoms with Gasteiger partial charge in [-0.1, -0.05) is 70.8 Å². The summed E-state index contributed by atoms with van der Waals surface area (Å²) in [6.45, 7) is 37.3. The number of aryl methyl sites for hydroxylation is 12. The van der Waals surface area contributed by atoms with E-state index in [0.29, 0.717) is 12.7 Å². The van der Waals surface area contributed by atoms with Gasteiger partial charge >= 0.3 is 33.0 Å². The third kappa shape index (κ3) is 9.29. The number of hydrogen-bond donors (Lipinski definition) is 0. The van der Waals surface area contributed by atoms with Gasteiger partial charge in [-0.3, -0.25) is 0 Å². The normalized spacial score (nSPS) is 14.2. The molecule has 0 saturated carbocycles. The summed E-state index contributed by atoms with van der Waals surface area (Å²) in [5.41, 5.74) is 21.1. The molecule has 2 aliphatic rings. The summed E-state index contributed by atoms with van der Waals surface area (Å²) in [5, 5.41) is 0. The summed E-state index contributed by atoms with van der Waals surface area (Å²) < 4.78 is 0. The van der Waals surface area contributed by atoms with E-state index in [0.717, 1.165) is 26.2 Å². The molecule has 7 heteroatoms. The number of nitrogens with zero attached hydrogens (tertiary/aromatic N) is 4. The van der Waals surface area contributed by atoms with Crippen LogP contribution in [0.4, 0.5) is 22.7 Å². The summed E-state index contributed by atoms with van der Waals surface area (Å²) in [6.07, 6.45) is 0. The molecule has 49 heavy (non-hydrogen) atoms. The Kier molecular flexibility index (Phi) is 13.4. The first-order valence-electron chi connectivity index (χ1n) is 16.9. The second kappa shape index (κ2) is 16.9. The summed E-state index contributed by atoms with van der Waals surface area (Å²) in [7, 11) is 9.40. The van der Waals surface area contributed by atoms with Crippen LogP contribution in [0.3, 0.4) is 0 Å². The molecule has 4 radical (unpaired) electrons. The molecule has 4 aromatic rings. The van der Waals surface area contributed by atoms with Crippen LogP contribution in [-0.4, -0.2) is 26.2 Å². The summed E-state index contributed by atoms with van der Waals surface area (Å²) in [6, 6.07) is 18.1. The molecule has 2 fully saturated rings. The second-order valence-electron chi connectivity index (χ2n) is 13.8. The molecule has 0 atom stereocenters. The topological polar surface area (TPSA) is 13.0 Å². The van der Waals surface area contributed by atoms with Crippen molar-refractivity contribution in [1.29, 1.82) is 0 Å². The molecule has 4 aromatic carbocycles. The van der Waals surface area contributed by atoms with Crippen LogP contribution in [0.1, 0.15) is 66.8 Å². The van der Waals surface area contributed by atoms with Crippen LogP contribution in [0.2, 0.25) is 0 Å². The van der Waals surface area contributed by atoms with Crippen molar-refractivity contribution in [3.63, 3.8) is 0 Å². The average Bonchev–Trinajstić information content (AvgIpc) is 3.62. The van der Waals surface area contributed by atoms with Crippen molar-refractivity contribution >= 4 is 43.1 Å². The first-order valence-corrected chi connectivity index (χ1v) is 19.6. The predicted octanol–water partition coefficient (Wildman–Crippen LogP) is 11.1. The average molecular weight is 743 g/mol. The summed E-state index contributed by atoms with van der Waals surface area (Å²) in [4.78, 5) is 9.12. The zero-order valence-electron chi connectivity index (χ0n) is 31.3. The molecule has 6 rings (SSSR count). The maximum absolute atomic E-state index is 4.70. The van der Waals surface area contributed by atoms with E-state index in [1.165, 1.54) is 89.5 Å². The molecule has 0 aliphatic carbocycles. The van der Waals surface area contributed by atoms with E-state index in [-0.39, 0.29) is 0 Å². The third-order valence-electron chi connectivity index (χ3n) is 9.20. The Morgan fingerprint density at radius 1 is 0.367 bits per heavy atom. The van der Waals surface area contributed by atoms with E-state index < -0.39 is 0 Å². The van der Waals surface area contributed by atoms with Gasteiger partial charge in [0, 0.05) is 48.9 Å². The number of hydrogen-bond acceptors (Lipinski definition) is 4. The number of benzene rings is 4. The van der Waals surface area contributed by atoms with Gasteiger partial charge in [-0.25, -0.2) is 0 Å². The van der Waals surface area contributed by atoms with E-state index in [9.17, 15) is 0 Å². The minimum atomic E-state index is 0.569. The SMILES string of the molecule is Cc1cc(C)c(N2[C]N(c3c(C)cc(C)cc3C)CC2)c(C)c1.Cc1cc(C)c(N2[C]N(c3c(C)cc(C)cc3C)CC2)c(C)c1.[Cl][Ni][Cl]. The Morgan fingerprint density at radius 2 is 0.510 bits per heavy atom. The van der Waals surface area contributed by atoms with Gasteiger partial charge in [-0.2, -0.15) is 0 Å². The zero-order valence-corrected chi connectivity index (χ0v) is 33.8. The fraction of sp³-hybridized carbons (Fsp3) is 0.381. The predicted molar refractivity (Wildman–Crippen MR) is 210 cm³/mol.